The quantitative estimate of drug-likeness (QED) is 0.507. The first-order valence-electron chi connectivity index (χ1n) is 6.68. The van der Waals surface area contributed by atoms with E-state index in [1.165, 1.54) is 6.08 Å². The Morgan fingerprint density at radius 1 is 1.18 bits per heavy atom. The minimum atomic E-state index is -0.367. The Labute approximate surface area is 136 Å². The van der Waals surface area contributed by atoms with Crippen molar-refractivity contribution >= 4 is 34.7 Å². The maximum Gasteiger partial charge on any atom is 0.331 e. The molecule has 0 spiro atoms. The molecule has 0 aliphatic rings. The molecule has 0 atom stereocenters. The minimum absolute atomic E-state index is 0.193. The molecule has 0 unspecified atom stereocenters. The van der Waals surface area contributed by atoms with Gasteiger partial charge >= 0.3 is 5.97 Å². The van der Waals surface area contributed by atoms with Gasteiger partial charge in [-0.05, 0) is 23.1 Å². The van der Waals surface area contributed by atoms with Crippen molar-refractivity contribution < 1.29 is 9.53 Å². The van der Waals surface area contributed by atoms with Gasteiger partial charge in [-0.3, -0.25) is 0 Å². The number of benzene rings is 1. The molecule has 0 fully saturated rings. The van der Waals surface area contributed by atoms with Gasteiger partial charge in [-0.2, -0.15) is 11.3 Å². The molecule has 0 amide bonds. The zero-order chi connectivity index (χ0) is 15.2. The third kappa shape index (κ3) is 3.90. The molecule has 0 radical (unpaired) electrons. The highest BCUT2D eigenvalue weighted by Crippen LogP contribution is 2.25. The monoisotopic (exact) mass is 327 g/mol. The van der Waals surface area contributed by atoms with Gasteiger partial charge in [-0.15, -0.1) is 11.3 Å². The van der Waals surface area contributed by atoms with Gasteiger partial charge in [-0.1, -0.05) is 30.3 Å². The van der Waals surface area contributed by atoms with Crippen LogP contribution >= 0.6 is 22.7 Å². The average molecular weight is 327 g/mol. The summed E-state index contributed by atoms with van der Waals surface area (Å²) in [6.45, 7) is 0.193. The molecular weight excluding hydrogens is 314 g/mol. The van der Waals surface area contributed by atoms with Crippen molar-refractivity contribution in [3.8, 4) is 10.6 Å². The lowest BCUT2D eigenvalue weighted by atomic mass is 10.2. The van der Waals surface area contributed by atoms with Crippen LogP contribution in [0, 0.1) is 0 Å². The molecule has 0 saturated carbocycles. The number of hydrogen-bond donors (Lipinski definition) is 0. The molecule has 0 saturated heterocycles. The minimum Gasteiger partial charge on any atom is -0.456 e. The first-order valence-corrected chi connectivity index (χ1v) is 8.50. The van der Waals surface area contributed by atoms with Gasteiger partial charge < -0.3 is 4.74 Å². The fourth-order valence-electron chi connectivity index (χ4n) is 1.81. The number of rotatable bonds is 5. The Morgan fingerprint density at radius 2 is 2.05 bits per heavy atom. The lowest BCUT2D eigenvalue weighted by Gasteiger charge is -1.98. The number of carbonyl (C=O) groups is 1. The zero-order valence-corrected chi connectivity index (χ0v) is 13.3. The number of aromatic nitrogens is 1. The summed E-state index contributed by atoms with van der Waals surface area (Å²) in [5.74, 6) is -0.367. The highest BCUT2D eigenvalue weighted by atomic mass is 32.1. The lowest BCUT2D eigenvalue weighted by molar-refractivity contribution is -0.139. The summed E-state index contributed by atoms with van der Waals surface area (Å²) >= 11 is 3.19. The van der Waals surface area contributed by atoms with Crippen molar-refractivity contribution in [2.24, 2.45) is 0 Å². The van der Waals surface area contributed by atoms with E-state index in [0.717, 1.165) is 21.8 Å². The summed E-state index contributed by atoms with van der Waals surface area (Å²) in [7, 11) is 0. The van der Waals surface area contributed by atoms with Crippen LogP contribution in [0.4, 0.5) is 0 Å². The maximum absolute atomic E-state index is 11.7. The largest absolute Gasteiger partial charge is 0.456 e. The molecule has 0 bridgehead atoms. The number of hydrogen-bond acceptors (Lipinski definition) is 5. The van der Waals surface area contributed by atoms with Crippen LogP contribution in [-0.2, 0) is 16.1 Å². The standard InChI is InChI=1S/C17H13NO2S2/c19-16(7-6-13-4-2-1-3-5-13)20-10-15-12-22-17(18-15)14-8-9-21-11-14/h1-9,11-12H,10H2/b7-6+. The summed E-state index contributed by atoms with van der Waals surface area (Å²) in [4.78, 5) is 16.2. The van der Waals surface area contributed by atoms with E-state index in [9.17, 15) is 4.79 Å². The van der Waals surface area contributed by atoms with E-state index in [2.05, 4.69) is 10.4 Å². The second-order valence-electron chi connectivity index (χ2n) is 4.51. The Kier molecular flexibility index (Phi) is 4.78. The van der Waals surface area contributed by atoms with Crippen LogP contribution in [0.3, 0.4) is 0 Å². The van der Waals surface area contributed by atoms with Gasteiger partial charge in [0.25, 0.3) is 0 Å². The van der Waals surface area contributed by atoms with Gasteiger partial charge in [0.05, 0.1) is 5.69 Å². The average Bonchev–Trinajstić information content (AvgIpc) is 3.22. The smallest absolute Gasteiger partial charge is 0.331 e. The van der Waals surface area contributed by atoms with Crippen LogP contribution in [0.15, 0.2) is 58.6 Å². The van der Waals surface area contributed by atoms with Crippen LogP contribution in [0.5, 0.6) is 0 Å². The fraction of sp³-hybridized carbons (Fsp3) is 0.0588. The van der Waals surface area contributed by atoms with Crippen molar-refractivity contribution in [1.82, 2.24) is 4.98 Å². The second-order valence-corrected chi connectivity index (χ2v) is 6.15. The summed E-state index contributed by atoms with van der Waals surface area (Å²) in [5.41, 5.74) is 2.84. The molecule has 5 heteroatoms. The number of thiazole rings is 1. The van der Waals surface area contributed by atoms with Gasteiger partial charge in [0.1, 0.15) is 11.6 Å². The molecule has 2 aromatic heterocycles. The van der Waals surface area contributed by atoms with E-state index in [1.807, 2.05) is 47.2 Å². The normalized spacial score (nSPS) is 10.9. The van der Waals surface area contributed by atoms with Crippen molar-refractivity contribution in [3.63, 3.8) is 0 Å². The highest BCUT2D eigenvalue weighted by Gasteiger charge is 2.06. The predicted molar refractivity (Wildman–Crippen MR) is 90.7 cm³/mol. The number of carbonyl (C=O) groups excluding carboxylic acids is 1. The van der Waals surface area contributed by atoms with E-state index in [-0.39, 0.29) is 12.6 Å². The first kappa shape index (κ1) is 14.7. The van der Waals surface area contributed by atoms with Crippen molar-refractivity contribution in [2.45, 2.75) is 6.61 Å². The van der Waals surface area contributed by atoms with E-state index in [0.29, 0.717) is 0 Å². The highest BCUT2D eigenvalue weighted by molar-refractivity contribution is 7.14. The van der Waals surface area contributed by atoms with Gasteiger partial charge in [0, 0.05) is 22.4 Å². The molecule has 0 N–H and O–H groups in total. The Hall–Kier alpha value is -2.24. The SMILES string of the molecule is O=C(/C=C/c1ccccc1)OCc1csc(-c2ccsc2)n1. The predicted octanol–water partition coefficient (Wildman–Crippen LogP) is 4.63. The molecule has 0 aliphatic carbocycles. The molecule has 3 aromatic rings. The Morgan fingerprint density at radius 3 is 2.82 bits per heavy atom. The third-order valence-electron chi connectivity index (χ3n) is 2.89. The number of esters is 1. The molecule has 3 nitrogen and oxygen atoms in total. The lowest BCUT2D eigenvalue weighted by Crippen LogP contribution is -2.00. The van der Waals surface area contributed by atoms with Gasteiger partial charge in [0.15, 0.2) is 0 Å². The van der Waals surface area contributed by atoms with Crippen molar-refractivity contribution in [1.29, 1.82) is 0 Å². The molecule has 2 heterocycles. The Bertz CT molecular complexity index is 761. The van der Waals surface area contributed by atoms with Crippen LogP contribution in [0.25, 0.3) is 16.6 Å². The van der Waals surface area contributed by atoms with Gasteiger partial charge in [-0.25, -0.2) is 9.78 Å². The van der Waals surface area contributed by atoms with Crippen molar-refractivity contribution in [2.75, 3.05) is 0 Å². The summed E-state index contributed by atoms with van der Waals surface area (Å²) in [5, 5.41) is 6.94. The van der Waals surface area contributed by atoms with Crippen LogP contribution < -0.4 is 0 Å². The topological polar surface area (TPSA) is 39.2 Å². The van der Waals surface area contributed by atoms with Crippen LogP contribution in [-0.4, -0.2) is 11.0 Å². The van der Waals surface area contributed by atoms with Crippen molar-refractivity contribution in [3.05, 3.63) is 69.9 Å². The maximum atomic E-state index is 11.7. The zero-order valence-electron chi connectivity index (χ0n) is 11.6. The second kappa shape index (κ2) is 7.15. The van der Waals surface area contributed by atoms with Crippen LogP contribution in [0.2, 0.25) is 0 Å². The van der Waals surface area contributed by atoms with E-state index in [4.69, 9.17) is 4.74 Å². The molecule has 3 rings (SSSR count). The van der Waals surface area contributed by atoms with E-state index >= 15 is 0 Å². The number of thiophene rings is 1. The molecule has 0 aliphatic heterocycles. The summed E-state index contributed by atoms with van der Waals surface area (Å²) in [6, 6.07) is 11.7. The van der Waals surface area contributed by atoms with E-state index in [1.54, 1.807) is 28.7 Å². The van der Waals surface area contributed by atoms with E-state index < -0.39 is 0 Å². The molecular formula is C17H13NO2S2. The summed E-state index contributed by atoms with van der Waals surface area (Å²) in [6.07, 6.45) is 3.17. The van der Waals surface area contributed by atoms with Crippen LogP contribution in [0.1, 0.15) is 11.3 Å². The molecule has 22 heavy (non-hydrogen) atoms. The van der Waals surface area contributed by atoms with Gasteiger partial charge in [0.2, 0.25) is 0 Å². The third-order valence-corrected chi connectivity index (χ3v) is 4.52. The molecule has 1 aromatic carbocycles. The first-order chi connectivity index (χ1) is 10.8. The fourth-order valence-corrected chi connectivity index (χ4v) is 3.33. The number of ether oxygens (including phenoxy) is 1. The Balaban J connectivity index is 1.54. The molecule has 110 valence electrons. The summed E-state index contributed by atoms with van der Waals surface area (Å²) < 4.78 is 5.20. The number of nitrogens with zero attached hydrogens (tertiary/aromatic N) is 1.